The van der Waals surface area contributed by atoms with Gasteiger partial charge in [0.05, 0.1) is 33.1 Å². The fraction of sp³-hybridized carbons (Fsp3) is 0.0233. The molecule has 0 aliphatic rings. The summed E-state index contributed by atoms with van der Waals surface area (Å²) in [6, 6.07) is 55.6. The molecule has 7 aromatic carbocycles. The maximum Gasteiger partial charge on any atom is 0.180 e. The topological polar surface area (TPSA) is 37.9 Å². The highest BCUT2D eigenvalue weighted by atomic mass is 32.2. The van der Waals surface area contributed by atoms with Gasteiger partial charge in [-0.25, -0.2) is 0 Å². The molecular formula is C43H29N3OS. The van der Waals surface area contributed by atoms with Crippen LogP contribution >= 0.6 is 0 Å². The Morgan fingerprint density at radius 1 is 0.396 bits per heavy atom. The fourth-order valence-electron chi connectivity index (χ4n) is 7.58. The predicted octanol–water partition coefficient (Wildman–Crippen LogP) is 10.9. The molecule has 3 heterocycles. The monoisotopic (exact) mass is 635 g/mol. The molecule has 0 saturated heterocycles. The molecule has 1 atom stereocenters. The van der Waals surface area contributed by atoms with Gasteiger partial charge >= 0.3 is 0 Å². The lowest BCUT2D eigenvalue weighted by Crippen LogP contribution is -2.12. The van der Waals surface area contributed by atoms with Crippen LogP contribution in [0.4, 0.5) is 0 Å². The van der Waals surface area contributed by atoms with Gasteiger partial charge in [0.25, 0.3) is 0 Å². The van der Waals surface area contributed by atoms with Crippen molar-refractivity contribution in [3.8, 4) is 11.4 Å². The lowest BCUT2D eigenvalue weighted by atomic mass is 10.1. The Kier molecular flexibility index (Phi) is 5.92. The Balaban J connectivity index is 1.20. The number of hydrogen-bond donors (Lipinski definition) is 0. The van der Waals surface area contributed by atoms with Crippen LogP contribution in [0.2, 0.25) is 0 Å². The van der Waals surface area contributed by atoms with E-state index in [1.165, 1.54) is 32.6 Å². The molecule has 10 rings (SSSR count). The van der Waals surface area contributed by atoms with Gasteiger partial charge in [0.1, 0.15) is 11.4 Å². The maximum absolute atomic E-state index is 14.1. The zero-order valence-corrected chi connectivity index (χ0v) is 27.0. The second-order valence-electron chi connectivity index (χ2n) is 12.5. The molecule has 3 aromatic heterocycles. The Labute approximate surface area is 280 Å². The molecule has 0 aliphatic heterocycles. The number of nitrogens with zero attached hydrogens (tertiary/aromatic N) is 3. The summed E-state index contributed by atoms with van der Waals surface area (Å²) in [5.41, 5.74) is 9.97. The van der Waals surface area contributed by atoms with E-state index in [0.717, 1.165) is 54.7 Å². The molecule has 0 radical (unpaired) electrons. The van der Waals surface area contributed by atoms with Crippen LogP contribution in [0.1, 0.15) is 5.56 Å². The van der Waals surface area contributed by atoms with E-state index in [9.17, 15) is 4.55 Å². The molecule has 0 fully saturated rings. The number of rotatable bonds is 4. The molecule has 0 saturated carbocycles. The zero-order valence-electron chi connectivity index (χ0n) is 26.2. The van der Waals surface area contributed by atoms with E-state index in [1.54, 1.807) is 0 Å². The van der Waals surface area contributed by atoms with Crippen LogP contribution < -0.4 is 0 Å². The standard InChI is InChI=1S/C43H29N3OS/c1-28-18-22-31(23-19-28)48(47)46-42-17-9-5-13-35(42)37-27-30(21-25-43(37)46)45-40-16-8-4-12-34(40)36-26-29(20-24-41(36)45)44-38-14-6-2-10-32(38)33-11-3-7-15-39(33)44/h2-27H,1H3. The summed E-state index contributed by atoms with van der Waals surface area (Å²) in [6.07, 6.45) is 0. The van der Waals surface area contributed by atoms with Gasteiger partial charge in [-0.3, -0.25) is 0 Å². The first-order valence-corrected chi connectivity index (χ1v) is 17.3. The Morgan fingerprint density at radius 2 is 0.771 bits per heavy atom. The van der Waals surface area contributed by atoms with Crippen LogP contribution in [-0.4, -0.2) is 17.7 Å². The average molecular weight is 636 g/mol. The van der Waals surface area contributed by atoms with E-state index in [0.29, 0.717) is 0 Å². The lowest BCUT2D eigenvalue weighted by molar-refractivity contribution is 0.589. The van der Waals surface area contributed by atoms with E-state index in [4.69, 9.17) is 0 Å². The highest BCUT2D eigenvalue weighted by Crippen LogP contribution is 2.39. The highest BCUT2D eigenvalue weighted by molar-refractivity contribution is 7.90. The van der Waals surface area contributed by atoms with Crippen LogP contribution in [0.15, 0.2) is 163 Å². The Morgan fingerprint density at radius 3 is 1.31 bits per heavy atom. The van der Waals surface area contributed by atoms with Gasteiger partial charge in [-0.2, -0.15) is 3.97 Å². The van der Waals surface area contributed by atoms with Crippen molar-refractivity contribution in [2.45, 2.75) is 11.8 Å². The smallest absolute Gasteiger partial charge is 0.180 e. The Bertz CT molecular complexity index is 2820. The van der Waals surface area contributed by atoms with E-state index in [1.807, 2.05) is 34.3 Å². The van der Waals surface area contributed by atoms with Gasteiger partial charge in [-0.1, -0.05) is 90.5 Å². The first-order chi connectivity index (χ1) is 23.7. The third-order valence-electron chi connectivity index (χ3n) is 9.75. The molecule has 5 heteroatoms. The minimum Gasteiger partial charge on any atom is -0.587 e. The third-order valence-corrected chi connectivity index (χ3v) is 11.2. The van der Waals surface area contributed by atoms with Crippen molar-refractivity contribution in [1.29, 1.82) is 0 Å². The second kappa shape index (κ2) is 10.4. The number of fused-ring (bicyclic) bond motifs is 9. The first-order valence-electron chi connectivity index (χ1n) is 16.2. The number of para-hydroxylation sites is 4. The van der Waals surface area contributed by atoms with Crippen LogP contribution in [0.3, 0.4) is 0 Å². The summed E-state index contributed by atoms with van der Waals surface area (Å²) < 4.78 is 20.8. The van der Waals surface area contributed by atoms with Gasteiger partial charge in [0.2, 0.25) is 0 Å². The summed E-state index contributed by atoms with van der Waals surface area (Å²) in [5, 5.41) is 7.09. The molecule has 0 bridgehead atoms. The molecule has 1 unspecified atom stereocenters. The molecule has 4 nitrogen and oxygen atoms in total. The fourth-order valence-corrected chi connectivity index (χ4v) is 8.84. The van der Waals surface area contributed by atoms with E-state index >= 15 is 0 Å². The van der Waals surface area contributed by atoms with Gasteiger partial charge in [0.15, 0.2) is 4.90 Å². The molecule has 228 valence electrons. The van der Waals surface area contributed by atoms with Crippen LogP contribution in [0, 0.1) is 6.92 Å². The van der Waals surface area contributed by atoms with Crippen molar-refractivity contribution in [3.63, 3.8) is 0 Å². The van der Waals surface area contributed by atoms with Crippen molar-refractivity contribution in [2.24, 2.45) is 0 Å². The molecule has 0 amide bonds. The molecule has 10 aromatic rings. The van der Waals surface area contributed by atoms with Gasteiger partial charge in [0, 0.05) is 43.7 Å². The number of aryl methyl sites for hydroxylation is 1. The van der Waals surface area contributed by atoms with E-state index in [-0.39, 0.29) is 0 Å². The molecular weight excluding hydrogens is 607 g/mol. The van der Waals surface area contributed by atoms with Crippen LogP contribution in [0.5, 0.6) is 0 Å². The maximum atomic E-state index is 14.1. The van der Waals surface area contributed by atoms with Crippen molar-refractivity contribution in [3.05, 3.63) is 163 Å². The largest absolute Gasteiger partial charge is 0.587 e. The third kappa shape index (κ3) is 3.89. The van der Waals surface area contributed by atoms with Gasteiger partial charge in [-0.15, -0.1) is 0 Å². The molecule has 48 heavy (non-hydrogen) atoms. The lowest BCUT2D eigenvalue weighted by Gasteiger charge is -2.13. The van der Waals surface area contributed by atoms with Crippen LogP contribution in [0.25, 0.3) is 76.8 Å². The summed E-state index contributed by atoms with van der Waals surface area (Å²) in [4.78, 5) is 0.786. The number of hydrogen-bond acceptors (Lipinski definition) is 1. The Hall–Kier alpha value is -5.75. The average Bonchev–Trinajstić information content (AvgIpc) is 3.77. The van der Waals surface area contributed by atoms with Crippen molar-refractivity contribution >= 4 is 76.8 Å². The first kappa shape index (κ1) is 27.4. The minimum atomic E-state index is -1.39. The van der Waals surface area contributed by atoms with Gasteiger partial charge < -0.3 is 13.7 Å². The molecule has 0 aliphatic carbocycles. The summed E-state index contributed by atoms with van der Waals surface area (Å²) in [7, 11) is 0. The van der Waals surface area contributed by atoms with Crippen LogP contribution in [-0.2, 0) is 11.4 Å². The number of aromatic nitrogens is 3. The molecule has 0 spiro atoms. The van der Waals surface area contributed by atoms with Crippen molar-refractivity contribution in [1.82, 2.24) is 13.1 Å². The zero-order chi connectivity index (χ0) is 31.9. The van der Waals surface area contributed by atoms with Crippen molar-refractivity contribution < 1.29 is 4.55 Å². The second-order valence-corrected chi connectivity index (χ2v) is 13.8. The quantitative estimate of drug-likeness (QED) is 0.177. The minimum absolute atomic E-state index is 0.786. The van der Waals surface area contributed by atoms with Gasteiger partial charge in [-0.05, 0) is 79.7 Å². The predicted molar refractivity (Wildman–Crippen MR) is 201 cm³/mol. The van der Waals surface area contributed by atoms with Crippen molar-refractivity contribution in [2.75, 3.05) is 0 Å². The normalized spacial score (nSPS) is 12.7. The van der Waals surface area contributed by atoms with E-state index in [2.05, 4.69) is 143 Å². The highest BCUT2D eigenvalue weighted by Gasteiger charge is 2.23. The molecule has 0 N–H and O–H groups in total. The summed E-state index contributed by atoms with van der Waals surface area (Å²) in [6.45, 7) is 2.05. The summed E-state index contributed by atoms with van der Waals surface area (Å²) >= 11 is -1.39. The number of benzene rings is 7. The van der Waals surface area contributed by atoms with E-state index < -0.39 is 11.4 Å². The SMILES string of the molecule is Cc1ccc([S+]([O-])n2c3ccccc3c3cc(-n4c5ccccc5c5cc(-n6c7ccccc7c7ccccc76)ccc54)ccc32)cc1. The summed E-state index contributed by atoms with van der Waals surface area (Å²) in [5.74, 6) is 0.